The number of nitrogens with one attached hydrogen (secondary N) is 2. The van der Waals surface area contributed by atoms with Crippen molar-refractivity contribution in [2.24, 2.45) is 0 Å². The second-order valence-electron chi connectivity index (χ2n) is 6.64. The lowest BCUT2D eigenvalue weighted by atomic mass is 10.2. The monoisotopic (exact) mass is 466 g/mol. The van der Waals surface area contributed by atoms with Gasteiger partial charge in [-0.1, -0.05) is 17.7 Å². The lowest BCUT2D eigenvalue weighted by Crippen LogP contribution is -2.16. The van der Waals surface area contributed by atoms with Crippen LogP contribution in [-0.4, -0.2) is 26.8 Å². The summed E-state index contributed by atoms with van der Waals surface area (Å²) in [5, 5.41) is 0.0966. The molecule has 0 saturated heterocycles. The van der Waals surface area contributed by atoms with Gasteiger partial charge in [0.1, 0.15) is 4.90 Å². The van der Waals surface area contributed by atoms with Crippen LogP contribution in [0.4, 0.5) is 11.6 Å². The molecule has 0 atom stereocenters. The zero-order valence-corrected chi connectivity index (χ0v) is 18.7. The minimum absolute atomic E-state index is 0.0358. The van der Waals surface area contributed by atoms with Crippen molar-refractivity contribution in [2.75, 3.05) is 9.44 Å². The second-order valence-corrected chi connectivity index (χ2v) is 10.4. The number of hydrogen-bond donors (Lipinski definition) is 2. The first-order chi connectivity index (χ1) is 14.0. The number of rotatable bonds is 6. The summed E-state index contributed by atoms with van der Waals surface area (Å²) in [4.78, 5) is 7.97. The van der Waals surface area contributed by atoms with E-state index in [9.17, 15) is 16.8 Å². The van der Waals surface area contributed by atoms with Crippen LogP contribution >= 0.6 is 11.6 Å². The average Bonchev–Trinajstić information content (AvgIpc) is 2.60. The number of sulfonamides is 2. The van der Waals surface area contributed by atoms with Gasteiger partial charge in [0.2, 0.25) is 5.95 Å². The van der Waals surface area contributed by atoms with Crippen molar-refractivity contribution in [1.82, 2.24) is 9.97 Å². The molecule has 8 nitrogen and oxygen atoms in total. The first-order valence-corrected chi connectivity index (χ1v) is 12.0. The molecular weight excluding hydrogens is 448 g/mol. The molecule has 1 heterocycles. The van der Waals surface area contributed by atoms with Crippen molar-refractivity contribution < 1.29 is 16.8 Å². The number of aromatic nitrogens is 2. The van der Waals surface area contributed by atoms with Crippen LogP contribution in [0.15, 0.2) is 58.3 Å². The molecule has 3 aromatic rings. The van der Waals surface area contributed by atoms with E-state index in [1.165, 1.54) is 30.3 Å². The largest absolute Gasteiger partial charge is 0.280 e. The molecule has 30 heavy (non-hydrogen) atoms. The Labute approximate surface area is 180 Å². The van der Waals surface area contributed by atoms with E-state index in [0.717, 1.165) is 5.56 Å². The number of anilines is 2. The number of nitrogens with zero attached hydrogens (tertiary/aromatic N) is 2. The van der Waals surface area contributed by atoms with Crippen LogP contribution in [0.25, 0.3) is 0 Å². The third-order valence-corrected chi connectivity index (χ3v) is 7.21. The Hall–Kier alpha value is -2.69. The standard InChI is InChI=1S/C19H19ClN4O4S2/c1-12-4-9-18(17(20)10-12)30(27,28)23-15-5-7-16(8-6-15)29(25,26)24-19-21-13(2)11-14(3)22-19/h4-11,23H,1-3H3,(H,21,22,24). The lowest BCUT2D eigenvalue weighted by Gasteiger charge is -2.11. The Morgan fingerprint density at radius 3 is 1.93 bits per heavy atom. The average molecular weight is 467 g/mol. The Morgan fingerprint density at radius 2 is 1.37 bits per heavy atom. The van der Waals surface area contributed by atoms with Crippen LogP contribution in [0.2, 0.25) is 5.02 Å². The number of benzene rings is 2. The fourth-order valence-electron chi connectivity index (χ4n) is 2.69. The summed E-state index contributed by atoms with van der Waals surface area (Å²) in [6.45, 7) is 5.26. The molecule has 0 aliphatic heterocycles. The van der Waals surface area contributed by atoms with Crippen LogP contribution in [0, 0.1) is 20.8 Å². The summed E-state index contributed by atoms with van der Waals surface area (Å²) >= 11 is 6.05. The van der Waals surface area contributed by atoms with Gasteiger partial charge in [-0.25, -0.2) is 31.5 Å². The summed E-state index contributed by atoms with van der Waals surface area (Å²) < 4.78 is 55.0. The van der Waals surface area contributed by atoms with Gasteiger partial charge >= 0.3 is 0 Å². The Kier molecular flexibility index (Phi) is 6.02. The highest BCUT2D eigenvalue weighted by molar-refractivity contribution is 7.93. The Balaban J connectivity index is 1.81. The quantitative estimate of drug-likeness (QED) is 0.572. The smallest absolute Gasteiger partial charge is 0.264 e. The molecule has 11 heteroatoms. The van der Waals surface area contributed by atoms with Crippen molar-refractivity contribution in [1.29, 1.82) is 0 Å². The van der Waals surface area contributed by atoms with E-state index in [1.807, 2.05) is 0 Å². The van der Waals surface area contributed by atoms with Gasteiger partial charge in [-0.05, 0) is 68.8 Å². The summed E-state index contributed by atoms with van der Waals surface area (Å²) in [6, 6.07) is 11.6. The van der Waals surface area contributed by atoms with Crippen molar-refractivity contribution in [2.45, 2.75) is 30.6 Å². The van der Waals surface area contributed by atoms with Gasteiger partial charge in [0.25, 0.3) is 20.0 Å². The molecule has 0 saturated carbocycles. The molecule has 2 aromatic carbocycles. The maximum atomic E-state index is 12.6. The summed E-state index contributed by atoms with van der Waals surface area (Å²) in [6.07, 6.45) is 0. The number of hydrogen-bond acceptors (Lipinski definition) is 6. The van der Waals surface area contributed by atoms with Crippen LogP contribution < -0.4 is 9.44 Å². The molecule has 0 spiro atoms. The molecule has 0 fully saturated rings. The highest BCUT2D eigenvalue weighted by Crippen LogP contribution is 2.25. The van der Waals surface area contributed by atoms with Crippen molar-refractivity contribution >= 4 is 43.3 Å². The Morgan fingerprint density at radius 1 is 0.767 bits per heavy atom. The van der Waals surface area contributed by atoms with Gasteiger partial charge in [-0.3, -0.25) is 4.72 Å². The van der Waals surface area contributed by atoms with Crippen molar-refractivity contribution in [3.63, 3.8) is 0 Å². The molecule has 0 unspecified atom stereocenters. The minimum Gasteiger partial charge on any atom is -0.280 e. The van der Waals surface area contributed by atoms with Gasteiger partial charge < -0.3 is 0 Å². The van der Waals surface area contributed by atoms with E-state index in [-0.39, 0.29) is 26.4 Å². The number of halogens is 1. The molecule has 0 aliphatic rings. The van der Waals surface area contributed by atoms with E-state index in [4.69, 9.17) is 11.6 Å². The zero-order chi connectivity index (χ0) is 22.1. The molecule has 0 bridgehead atoms. The highest BCUT2D eigenvalue weighted by Gasteiger charge is 2.20. The zero-order valence-electron chi connectivity index (χ0n) is 16.3. The van der Waals surface area contributed by atoms with Crippen LogP contribution in [0.3, 0.4) is 0 Å². The summed E-state index contributed by atoms with van der Waals surface area (Å²) in [7, 11) is -7.88. The van der Waals surface area contributed by atoms with Crippen molar-refractivity contribution in [3.05, 3.63) is 70.5 Å². The van der Waals surface area contributed by atoms with Crippen LogP contribution in [0.5, 0.6) is 0 Å². The fourth-order valence-corrected chi connectivity index (χ4v) is 5.29. The predicted molar refractivity (Wildman–Crippen MR) is 116 cm³/mol. The molecule has 3 rings (SSSR count). The summed E-state index contributed by atoms with van der Waals surface area (Å²) in [5.74, 6) is -0.0358. The van der Waals surface area contributed by atoms with Gasteiger partial charge in [0, 0.05) is 17.1 Å². The van der Waals surface area contributed by atoms with Gasteiger partial charge in [0.05, 0.1) is 9.92 Å². The van der Waals surface area contributed by atoms with E-state index in [1.54, 1.807) is 39.0 Å². The normalized spacial score (nSPS) is 11.9. The van der Waals surface area contributed by atoms with E-state index in [0.29, 0.717) is 11.4 Å². The molecule has 1 aromatic heterocycles. The number of aryl methyl sites for hydroxylation is 3. The van der Waals surface area contributed by atoms with Crippen LogP contribution in [-0.2, 0) is 20.0 Å². The Bertz CT molecular complexity index is 1290. The lowest BCUT2D eigenvalue weighted by molar-refractivity contribution is 0.599. The van der Waals surface area contributed by atoms with Crippen molar-refractivity contribution in [3.8, 4) is 0 Å². The first-order valence-electron chi connectivity index (χ1n) is 8.70. The molecule has 0 radical (unpaired) electrons. The van der Waals surface area contributed by atoms with E-state index >= 15 is 0 Å². The van der Waals surface area contributed by atoms with E-state index < -0.39 is 20.0 Å². The summed E-state index contributed by atoms with van der Waals surface area (Å²) in [5.41, 5.74) is 2.27. The van der Waals surface area contributed by atoms with E-state index in [2.05, 4.69) is 19.4 Å². The minimum atomic E-state index is -3.94. The maximum Gasteiger partial charge on any atom is 0.264 e. The first kappa shape index (κ1) is 22.0. The third-order valence-electron chi connectivity index (χ3n) is 4.00. The highest BCUT2D eigenvalue weighted by atomic mass is 35.5. The topological polar surface area (TPSA) is 118 Å². The second kappa shape index (κ2) is 8.21. The third kappa shape index (κ3) is 5.07. The fraction of sp³-hybridized carbons (Fsp3) is 0.158. The van der Waals surface area contributed by atoms with Crippen LogP contribution in [0.1, 0.15) is 17.0 Å². The van der Waals surface area contributed by atoms with Gasteiger partial charge in [0.15, 0.2) is 0 Å². The molecule has 158 valence electrons. The molecule has 2 N–H and O–H groups in total. The predicted octanol–water partition coefficient (Wildman–Crippen LogP) is 3.66. The molecular formula is C19H19ClN4O4S2. The SMILES string of the molecule is Cc1ccc(S(=O)(=O)Nc2ccc(S(=O)(=O)Nc3nc(C)cc(C)n3)cc2)c(Cl)c1. The molecule has 0 aliphatic carbocycles. The molecule has 0 amide bonds. The maximum absolute atomic E-state index is 12.6. The van der Waals surface area contributed by atoms with Gasteiger partial charge in [-0.2, -0.15) is 0 Å². The van der Waals surface area contributed by atoms with Gasteiger partial charge in [-0.15, -0.1) is 0 Å².